The number of piperidine rings is 1. The molecule has 0 unspecified atom stereocenters. The van der Waals surface area contributed by atoms with Gasteiger partial charge in [0.05, 0.1) is 12.8 Å². The molecule has 8 nitrogen and oxygen atoms in total. The number of ether oxygens (including phenoxy) is 1. The molecule has 1 amide bonds. The van der Waals surface area contributed by atoms with Crippen LogP contribution in [0, 0.1) is 0 Å². The maximum Gasteiger partial charge on any atom is 0.314 e. The Morgan fingerprint density at radius 1 is 1.21 bits per heavy atom. The Labute approximate surface area is 167 Å². The summed E-state index contributed by atoms with van der Waals surface area (Å²) in [5.74, 6) is -0.0252. The first kappa shape index (κ1) is 18.4. The van der Waals surface area contributed by atoms with Crippen LogP contribution in [-0.4, -0.2) is 50.8 Å². The first-order valence-corrected chi connectivity index (χ1v) is 9.93. The van der Waals surface area contributed by atoms with Crippen LogP contribution in [0.1, 0.15) is 34.7 Å². The fraction of sp³-hybridized carbons (Fsp3) is 0.368. The number of likely N-dealkylation sites (tertiary alicyclic amines) is 1. The molecule has 146 valence electrons. The number of nitrogens with zero attached hydrogens (tertiary/aromatic N) is 5. The van der Waals surface area contributed by atoms with Crippen LogP contribution < -0.4 is 10.5 Å². The lowest BCUT2D eigenvalue weighted by molar-refractivity contribution is 0.0671. The molecule has 0 saturated carbocycles. The monoisotopic (exact) mass is 398 g/mol. The Morgan fingerprint density at radius 3 is 2.50 bits per heavy atom. The van der Waals surface area contributed by atoms with Gasteiger partial charge in [0.15, 0.2) is 5.13 Å². The zero-order valence-electron chi connectivity index (χ0n) is 15.8. The molecule has 1 aromatic carbocycles. The SMILES string of the molecule is COc1nc(C(=O)N2CCC(c3ccccc3)(c3csc(N)n3)CC2)nn1C. The number of thiazole rings is 1. The molecule has 0 bridgehead atoms. The Balaban J connectivity index is 1.59. The van der Waals surface area contributed by atoms with Gasteiger partial charge in [0.2, 0.25) is 5.82 Å². The van der Waals surface area contributed by atoms with E-state index in [9.17, 15) is 4.79 Å². The van der Waals surface area contributed by atoms with E-state index < -0.39 is 0 Å². The summed E-state index contributed by atoms with van der Waals surface area (Å²) in [5.41, 5.74) is 7.84. The third-order valence-corrected chi connectivity index (χ3v) is 6.01. The van der Waals surface area contributed by atoms with Crippen LogP contribution in [0.15, 0.2) is 35.7 Å². The predicted molar refractivity (Wildman–Crippen MR) is 106 cm³/mol. The average molecular weight is 398 g/mol. The Kier molecular flexibility index (Phi) is 4.76. The molecule has 1 aliphatic rings. The van der Waals surface area contributed by atoms with Crippen molar-refractivity contribution in [2.75, 3.05) is 25.9 Å². The first-order valence-electron chi connectivity index (χ1n) is 9.05. The van der Waals surface area contributed by atoms with Gasteiger partial charge in [-0.2, -0.15) is 4.98 Å². The van der Waals surface area contributed by atoms with Crippen molar-refractivity contribution in [1.82, 2.24) is 24.6 Å². The number of hydrogen-bond acceptors (Lipinski definition) is 7. The second-order valence-electron chi connectivity index (χ2n) is 6.86. The Morgan fingerprint density at radius 2 is 1.93 bits per heavy atom. The van der Waals surface area contributed by atoms with E-state index >= 15 is 0 Å². The molecule has 0 atom stereocenters. The molecule has 28 heavy (non-hydrogen) atoms. The molecule has 0 spiro atoms. The lowest BCUT2D eigenvalue weighted by atomic mass is 9.70. The highest BCUT2D eigenvalue weighted by Crippen LogP contribution is 2.42. The molecular weight excluding hydrogens is 376 g/mol. The predicted octanol–water partition coefficient (Wildman–Crippen LogP) is 2.08. The van der Waals surface area contributed by atoms with Gasteiger partial charge in [0.25, 0.3) is 5.91 Å². The molecule has 3 heterocycles. The number of nitrogens with two attached hydrogens (primary N) is 1. The number of methoxy groups -OCH3 is 1. The third kappa shape index (κ3) is 3.11. The topological polar surface area (TPSA) is 99.2 Å². The number of hydrogen-bond donors (Lipinski definition) is 1. The quantitative estimate of drug-likeness (QED) is 0.722. The van der Waals surface area contributed by atoms with E-state index in [-0.39, 0.29) is 17.1 Å². The minimum Gasteiger partial charge on any atom is -0.467 e. The lowest BCUT2D eigenvalue weighted by Crippen LogP contribution is -2.46. The van der Waals surface area contributed by atoms with Gasteiger partial charge < -0.3 is 15.4 Å². The second-order valence-corrected chi connectivity index (χ2v) is 7.75. The highest BCUT2D eigenvalue weighted by atomic mass is 32.1. The van der Waals surface area contributed by atoms with E-state index in [1.165, 1.54) is 28.7 Å². The van der Waals surface area contributed by atoms with Crippen molar-refractivity contribution in [3.05, 3.63) is 52.8 Å². The molecule has 1 saturated heterocycles. The van der Waals surface area contributed by atoms with E-state index in [0.29, 0.717) is 24.2 Å². The van der Waals surface area contributed by atoms with Gasteiger partial charge in [-0.1, -0.05) is 30.3 Å². The van der Waals surface area contributed by atoms with Crippen LogP contribution in [0.5, 0.6) is 6.01 Å². The van der Waals surface area contributed by atoms with Gasteiger partial charge in [0.1, 0.15) is 0 Å². The largest absolute Gasteiger partial charge is 0.467 e. The molecule has 9 heteroatoms. The summed E-state index contributed by atoms with van der Waals surface area (Å²) < 4.78 is 6.58. The second kappa shape index (κ2) is 7.23. The summed E-state index contributed by atoms with van der Waals surface area (Å²) in [6.45, 7) is 1.18. The van der Waals surface area contributed by atoms with Crippen molar-refractivity contribution in [3.8, 4) is 6.01 Å². The molecule has 1 aliphatic heterocycles. The molecule has 4 rings (SSSR count). The summed E-state index contributed by atoms with van der Waals surface area (Å²) in [7, 11) is 3.21. The highest BCUT2D eigenvalue weighted by Gasteiger charge is 2.41. The molecular formula is C19H22N6O2S. The number of benzene rings is 1. The summed E-state index contributed by atoms with van der Waals surface area (Å²) in [6.07, 6.45) is 1.52. The van der Waals surface area contributed by atoms with Crippen molar-refractivity contribution in [2.45, 2.75) is 18.3 Å². The van der Waals surface area contributed by atoms with Gasteiger partial charge >= 0.3 is 6.01 Å². The molecule has 3 aromatic rings. The smallest absolute Gasteiger partial charge is 0.314 e. The number of carbonyl (C=O) groups excluding carboxylic acids is 1. The lowest BCUT2D eigenvalue weighted by Gasteiger charge is -2.41. The Hall–Kier alpha value is -2.94. The fourth-order valence-corrected chi connectivity index (χ4v) is 4.49. The van der Waals surface area contributed by atoms with E-state index in [2.05, 4.69) is 27.2 Å². The number of rotatable bonds is 4. The van der Waals surface area contributed by atoms with Crippen LogP contribution in [0.4, 0.5) is 5.13 Å². The maximum atomic E-state index is 12.9. The minimum absolute atomic E-state index is 0.157. The van der Waals surface area contributed by atoms with Crippen molar-refractivity contribution < 1.29 is 9.53 Å². The highest BCUT2D eigenvalue weighted by molar-refractivity contribution is 7.13. The van der Waals surface area contributed by atoms with Gasteiger partial charge in [-0.15, -0.1) is 16.4 Å². The van der Waals surface area contributed by atoms with Crippen molar-refractivity contribution in [1.29, 1.82) is 0 Å². The summed E-state index contributed by atoms with van der Waals surface area (Å²) in [6, 6.07) is 10.6. The summed E-state index contributed by atoms with van der Waals surface area (Å²) in [5, 5.41) is 6.77. The molecule has 1 fully saturated rings. The first-order chi connectivity index (χ1) is 13.5. The van der Waals surface area contributed by atoms with Crippen LogP contribution in [-0.2, 0) is 12.5 Å². The normalized spacial score (nSPS) is 16.1. The maximum absolute atomic E-state index is 12.9. The van der Waals surface area contributed by atoms with Crippen LogP contribution in [0.25, 0.3) is 0 Å². The van der Waals surface area contributed by atoms with Crippen molar-refractivity contribution in [2.24, 2.45) is 7.05 Å². The fourth-order valence-electron chi connectivity index (χ4n) is 3.83. The van der Waals surface area contributed by atoms with Gasteiger partial charge in [-0.05, 0) is 18.4 Å². The van der Waals surface area contributed by atoms with Crippen LogP contribution in [0.3, 0.4) is 0 Å². The minimum atomic E-state index is -0.249. The standard InChI is InChI=1S/C19H22N6O2S/c1-24-18(27-2)22-15(23-24)16(26)25-10-8-19(9-11-25,13-6-4-3-5-7-13)14-12-28-17(20)21-14/h3-7,12H,8-11H2,1-2H3,(H2,20,21). The van der Waals surface area contributed by atoms with Crippen LogP contribution >= 0.6 is 11.3 Å². The molecule has 2 N–H and O–H groups in total. The number of aromatic nitrogens is 4. The zero-order valence-corrected chi connectivity index (χ0v) is 16.6. The summed E-state index contributed by atoms with van der Waals surface area (Å²) >= 11 is 1.45. The number of aryl methyl sites for hydroxylation is 1. The van der Waals surface area contributed by atoms with Crippen LogP contribution in [0.2, 0.25) is 0 Å². The number of carbonyl (C=O) groups is 1. The Bertz CT molecular complexity index is 975. The average Bonchev–Trinajstić information content (AvgIpc) is 3.34. The number of anilines is 1. The molecule has 0 radical (unpaired) electrons. The third-order valence-electron chi connectivity index (χ3n) is 5.34. The number of amides is 1. The van der Waals surface area contributed by atoms with Crippen molar-refractivity contribution in [3.63, 3.8) is 0 Å². The van der Waals surface area contributed by atoms with Gasteiger partial charge in [-0.3, -0.25) is 4.79 Å². The van der Waals surface area contributed by atoms with Gasteiger partial charge in [0, 0.05) is 30.9 Å². The molecule has 0 aliphatic carbocycles. The summed E-state index contributed by atoms with van der Waals surface area (Å²) in [4.78, 5) is 23.4. The zero-order chi connectivity index (χ0) is 19.7. The van der Waals surface area contributed by atoms with E-state index in [1.54, 1.807) is 11.9 Å². The molecule has 2 aromatic heterocycles. The van der Waals surface area contributed by atoms with Crippen molar-refractivity contribution >= 4 is 22.4 Å². The van der Waals surface area contributed by atoms with E-state index in [0.717, 1.165) is 18.5 Å². The van der Waals surface area contributed by atoms with E-state index in [4.69, 9.17) is 10.5 Å². The number of nitrogen functional groups attached to an aromatic ring is 1. The van der Waals surface area contributed by atoms with Gasteiger partial charge in [-0.25, -0.2) is 9.67 Å². The van der Waals surface area contributed by atoms with E-state index in [1.807, 2.05) is 23.6 Å².